The number of allylic oxidation sites excluding steroid dienone is 27. The summed E-state index contributed by atoms with van der Waals surface area (Å²) in [4.78, 5) is 13.2. The van der Waals surface area contributed by atoms with E-state index >= 15 is 0 Å². The Hall–Kier alpha value is -4.65. The van der Waals surface area contributed by atoms with Gasteiger partial charge in [0.05, 0.1) is 32.0 Å². The normalized spacial score (nSPS) is 25.5. The van der Waals surface area contributed by atoms with Crippen LogP contribution < -0.4 is 5.32 Å². The SMILES string of the molecule is C/C=C/CC/C=C/CC/C=C/C(O)C(COC1OC(CO)C(OC2OC(CO)C(O)C(O)C2O)C(O)C1O)NC(=O)CCCCC/C=C\C/C=C\C/C=C\C/C=C\C/C=C\C/C=C\C/C=C\C/C=C\C/C=C\C/C=C\C/C=C\CC. The molecule has 0 aromatic rings. The average Bonchev–Trinajstić information content (AvgIpc) is 3.49. The molecular weight excluding hydrogens is 1010 g/mol. The molecule has 2 rings (SSSR count). The molecule has 14 heteroatoms. The summed E-state index contributed by atoms with van der Waals surface area (Å²) >= 11 is 0. The van der Waals surface area contributed by atoms with Crippen LogP contribution in [0.4, 0.5) is 0 Å². The van der Waals surface area contributed by atoms with Gasteiger partial charge in [0, 0.05) is 6.42 Å². The monoisotopic (exact) mass is 1120 g/mol. The van der Waals surface area contributed by atoms with Gasteiger partial charge < -0.3 is 65.1 Å². The molecule has 2 aliphatic rings. The summed E-state index contributed by atoms with van der Waals surface area (Å²) in [6, 6.07) is -0.967. The molecule has 2 aliphatic heterocycles. The van der Waals surface area contributed by atoms with E-state index in [9.17, 15) is 45.6 Å². The van der Waals surface area contributed by atoms with Crippen molar-refractivity contribution in [1.82, 2.24) is 5.32 Å². The van der Waals surface area contributed by atoms with Gasteiger partial charge in [-0.25, -0.2) is 0 Å². The van der Waals surface area contributed by atoms with Gasteiger partial charge in [0.2, 0.25) is 5.91 Å². The van der Waals surface area contributed by atoms with Crippen molar-refractivity contribution >= 4 is 5.91 Å². The number of carbonyl (C=O) groups is 1. The third-order valence-electron chi connectivity index (χ3n) is 13.0. The van der Waals surface area contributed by atoms with Gasteiger partial charge in [0.25, 0.3) is 0 Å². The first-order valence-electron chi connectivity index (χ1n) is 29.3. The number of aliphatic hydroxyl groups excluding tert-OH is 8. The van der Waals surface area contributed by atoms with Crippen molar-refractivity contribution < 1.29 is 64.6 Å². The van der Waals surface area contributed by atoms with Crippen LogP contribution in [0.25, 0.3) is 0 Å². The molecular formula is C66H101NO13. The summed E-state index contributed by atoms with van der Waals surface area (Å²) in [5.74, 6) is -0.298. The molecule has 448 valence electrons. The van der Waals surface area contributed by atoms with Gasteiger partial charge in [0.15, 0.2) is 12.6 Å². The number of ether oxygens (including phenoxy) is 4. The van der Waals surface area contributed by atoms with Crippen LogP contribution in [0, 0.1) is 0 Å². The fourth-order valence-corrected chi connectivity index (χ4v) is 8.27. The highest BCUT2D eigenvalue weighted by Gasteiger charge is 2.51. The van der Waals surface area contributed by atoms with E-state index in [0.29, 0.717) is 12.8 Å². The van der Waals surface area contributed by atoms with Crippen molar-refractivity contribution in [2.45, 2.75) is 216 Å². The minimum Gasteiger partial charge on any atom is -0.394 e. The zero-order valence-electron chi connectivity index (χ0n) is 48.0. The van der Waals surface area contributed by atoms with E-state index in [1.807, 2.05) is 19.1 Å². The molecule has 2 fully saturated rings. The number of carbonyl (C=O) groups excluding carboxylic acids is 1. The summed E-state index contributed by atoms with van der Waals surface area (Å²) in [5, 5.41) is 86.6. The van der Waals surface area contributed by atoms with Crippen molar-refractivity contribution in [2.75, 3.05) is 19.8 Å². The lowest BCUT2D eigenvalue weighted by Crippen LogP contribution is -2.65. The van der Waals surface area contributed by atoms with E-state index in [1.54, 1.807) is 6.08 Å². The first-order chi connectivity index (χ1) is 39.1. The highest BCUT2D eigenvalue weighted by molar-refractivity contribution is 5.76. The predicted molar refractivity (Wildman–Crippen MR) is 322 cm³/mol. The number of amides is 1. The summed E-state index contributed by atoms with van der Waals surface area (Å²) in [6.07, 6.45) is 60.2. The van der Waals surface area contributed by atoms with E-state index in [2.05, 4.69) is 164 Å². The van der Waals surface area contributed by atoms with Gasteiger partial charge in [-0.3, -0.25) is 4.79 Å². The summed E-state index contributed by atoms with van der Waals surface area (Å²) < 4.78 is 22.6. The van der Waals surface area contributed by atoms with Crippen molar-refractivity contribution in [3.63, 3.8) is 0 Å². The molecule has 9 N–H and O–H groups in total. The van der Waals surface area contributed by atoms with Gasteiger partial charge in [-0.2, -0.15) is 0 Å². The summed E-state index contributed by atoms with van der Waals surface area (Å²) in [7, 11) is 0. The van der Waals surface area contributed by atoms with E-state index in [0.717, 1.165) is 109 Å². The van der Waals surface area contributed by atoms with Gasteiger partial charge >= 0.3 is 0 Å². The number of hydrogen-bond donors (Lipinski definition) is 9. The Morgan fingerprint density at radius 1 is 0.475 bits per heavy atom. The minimum absolute atomic E-state index is 0.217. The lowest BCUT2D eigenvalue weighted by atomic mass is 9.97. The smallest absolute Gasteiger partial charge is 0.220 e. The largest absolute Gasteiger partial charge is 0.394 e. The average molecular weight is 1120 g/mol. The molecule has 2 heterocycles. The Morgan fingerprint density at radius 2 is 0.887 bits per heavy atom. The predicted octanol–water partition coefficient (Wildman–Crippen LogP) is 10.1. The van der Waals surface area contributed by atoms with E-state index in [-0.39, 0.29) is 18.9 Å². The molecule has 80 heavy (non-hydrogen) atoms. The summed E-state index contributed by atoms with van der Waals surface area (Å²) in [6.45, 7) is 2.34. The summed E-state index contributed by atoms with van der Waals surface area (Å²) in [5.41, 5.74) is 0. The maximum atomic E-state index is 13.2. The molecule has 14 nitrogen and oxygen atoms in total. The van der Waals surface area contributed by atoms with E-state index in [1.165, 1.54) is 0 Å². The molecule has 12 atom stereocenters. The third kappa shape index (κ3) is 33.9. The van der Waals surface area contributed by atoms with Crippen molar-refractivity contribution in [2.24, 2.45) is 0 Å². The van der Waals surface area contributed by atoms with Crippen LogP contribution in [0.2, 0.25) is 0 Å². The van der Waals surface area contributed by atoms with Crippen molar-refractivity contribution in [3.8, 4) is 0 Å². The maximum Gasteiger partial charge on any atom is 0.220 e. The molecule has 0 spiro atoms. The third-order valence-corrected chi connectivity index (χ3v) is 13.0. The minimum atomic E-state index is -1.80. The first-order valence-corrected chi connectivity index (χ1v) is 29.3. The first kappa shape index (κ1) is 71.5. The Kier molecular flexibility index (Phi) is 43.8. The number of nitrogens with one attached hydrogen (secondary N) is 1. The zero-order chi connectivity index (χ0) is 58.1. The zero-order valence-corrected chi connectivity index (χ0v) is 48.0. The second-order valence-corrected chi connectivity index (χ2v) is 19.7. The second-order valence-electron chi connectivity index (χ2n) is 19.7. The molecule has 1 amide bonds. The number of hydrogen-bond acceptors (Lipinski definition) is 13. The number of rotatable bonds is 43. The fourth-order valence-electron chi connectivity index (χ4n) is 8.27. The van der Waals surface area contributed by atoms with Gasteiger partial charge in [0.1, 0.15) is 48.8 Å². The molecule has 0 saturated carbocycles. The molecule has 12 unspecified atom stereocenters. The molecule has 0 aliphatic carbocycles. The number of unbranched alkanes of at least 4 members (excludes halogenated alkanes) is 5. The van der Waals surface area contributed by atoms with Crippen LogP contribution in [-0.2, 0) is 23.7 Å². The van der Waals surface area contributed by atoms with E-state index in [4.69, 9.17) is 18.9 Å². The maximum absolute atomic E-state index is 13.2. The molecule has 0 aromatic carbocycles. The van der Waals surface area contributed by atoms with Gasteiger partial charge in [-0.15, -0.1) is 0 Å². The topological polar surface area (TPSA) is 228 Å². The Bertz CT molecular complexity index is 1990. The Labute approximate surface area is 479 Å². The Morgan fingerprint density at radius 3 is 1.35 bits per heavy atom. The molecule has 0 radical (unpaired) electrons. The molecule has 0 aromatic heterocycles. The standard InChI is InChI=1S/C66H101NO13/c1-3-5-7-9-11-13-14-15-16-17-18-19-20-21-22-23-24-25-26-27-28-29-30-31-32-33-34-35-36-37-38-39-40-42-44-46-48-50-58(71)67-54(55(70)49-47-45-43-41-12-10-8-6-4-2)53-77-65-63(76)61(74)64(57(52-69)79-65)80-66-62(75)60(73)59(72)56(51-68)78-66/h4-7,11-13,15-16,18-19,21-22,24-25,27-28,30-31,33-34,36-37,39-41,47,49,54-57,59-66,68-70,72-76H,3,8-10,14,17,20,23,26,29,32,35,38,42-46,48,50-53H2,1-2H3,(H,67,71)/b6-4+,7-5-,13-11-,16-15-,19-18-,22-21-,25-24-,28-27-,31-30-,34-33-,37-36-,40-39-,41-12+,49-47+. The van der Waals surface area contributed by atoms with Crippen LogP contribution in [0.15, 0.2) is 170 Å². The highest BCUT2D eigenvalue weighted by atomic mass is 16.7. The van der Waals surface area contributed by atoms with Crippen LogP contribution in [0.3, 0.4) is 0 Å². The quantitative estimate of drug-likeness (QED) is 0.0205. The highest BCUT2D eigenvalue weighted by Crippen LogP contribution is 2.30. The van der Waals surface area contributed by atoms with Crippen molar-refractivity contribution in [1.29, 1.82) is 0 Å². The Balaban J connectivity index is 1.67. The molecule has 2 saturated heterocycles. The lowest BCUT2D eigenvalue weighted by Gasteiger charge is -2.46. The van der Waals surface area contributed by atoms with Gasteiger partial charge in [-0.05, 0) is 122 Å². The second kappa shape index (κ2) is 49.0. The van der Waals surface area contributed by atoms with Crippen LogP contribution in [-0.4, -0.2) is 140 Å². The van der Waals surface area contributed by atoms with Crippen LogP contribution >= 0.6 is 0 Å². The fraction of sp³-hybridized carbons (Fsp3) is 0.561. The number of aliphatic hydroxyl groups is 8. The lowest BCUT2D eigenvalue weighted by molar-refractivity contribution is -0.359. The van der Waals surface area contributed by atoms with E-state index < -0.39 is 86.8 Å². The van der Waals surface area contributed by atoms with Crippen LogP contribution in [0.5, 0.6) is 0 Å². The van der Waals surface area contributed by atoms with Gasteiger partial charge in [-0.1, -0.05) is 183 Å². The van der Waals surface area contributed by atoms with Crippen LogP contribution in [0.1, 0.15) is 142 Å². The van der Waals surface area contributed by atoms with Crippen molar-refractivity contribution in [3.05, 3.63) is 170 Å². The molecule has 0 bridgehead atoms.